The molecule has 1 fully saturated rings. The molecule has 1 atom stereocenters. The van der Waals surface area contributed by atoms with E-state index in [0.717, 1.165) is 6.42 Å². The summed E-state index contributed by atoms with van der Waals surface area (Å²) in [7, 11) is 0. The summed E-state index contributed by atoms with van der Waals surface area (Å²) in [5.41, 5.74) is 4.99. The Hall–Kier alpha value is -0.810. The highest BCUT2D eigenvalue weighted by atomic mass is 16.5. The molecule has 0 radical (unpaired) electrons. The van der Waals surface area contributed by atoms with Gasteiger partial charge >= 0.3 is 6.09 Å². The van der Waals surface area contributed by atoms with Crippen molar-refractivity contribution < 1.29 is 14.6 Å². The van der Waals surface area contributed by atoms with E-state index in [-0.39, 0.29) is 11.6 Å². The number of hydrogen-bond donors (Lipinski definition) is 2. The number of nitrogens with zero attached hydrogens (tertiary/aromatic N) is 1. The van der Waals surface area contributed by atoms with E-state index in [1.165, 1.54) is 4.90 Å². The summed E-state index contributed by atoms with van der Waals surface area (Å²) in [4.78, 5) is 12.3. The first kappa shape index (κ1) is 11.3. The first-order chi connectivity index (χ1) is 6.47. The van der Waals surface area contributed by atoms with Gasteiger partial charge in [-0.05, 0) is 20.3 Å². The van der Waals surface area contributed by atoms with Crippen LogP contribution in [0.15, 0.2) is 0 Å². The molecule has 0 bridgehead atoms. The van der Waals surface area contributed by atoms with E-state index in [4.69, 9.17) is 15.6 Å². The van der Waals surface area contributed by atoms with Crippen molar-refractivity contribution in [3.05, 3.63) is 0 Å². The number of nitrogens with two attached hydrogens (primary N) is 1. The van der Waals surface area contributed by atoms with E-state index in [1.54, 1.807) is 0 Å². The van der Waals surface area contributed by atoms with E-state index >= 15 is 0 Å². The minimum absolute atomic E-state index is 0.00958. The van der Waals surface area contributed by atoms with Crippen LogP contribution in [0.3, 0.4) is 0 Å². The zero-order valence-electron chi connectivity index (χ0n) is 8.69. The predicted octanol–water partition coefficient (Wildman–Crippen LogP) is 0.493. The van der Waals surface area contributed by atoms with Crippen molar-refractivity contribution in [1.82, 2.24) is 4.90 Å². The van der Waals surface area contributed by atoms with E-state index in [2.05, 4.69) is 0 Å². The normalized spacial score (nSPS) is 25.4. The maximum absolute atomic E-state index is 10.9. The molecule has 0 aromatic rings. The number of rotatable bonds is 3. The fourth-order valence-electron chi connectivity index (χ4n) is 1.87. The van der Waals surface area contributed by atoms with E-state index in [0.29, 0.717) is 19.7 Å². The van der Waals surface area contributed by atoms with Crippen LogP contribution in [0, 0.1) is 0 Å². The topological polar surface area (TPSA) is 75.8 Å². The highest BCUT2D eigenvalue weighted by Gasteiger charge is 2.41. The van der Waals surface area contributed by atoms with Gasteiger partial charge < -0.3 is 20.5 Å². The quantitative estimate of drug-likeness (QED) is 0.698. The van der Waals surface area contributed by atoms with Gasteiger partial charge in [0.25, 0.3) is 0 Å². The fraction of sp³-hybridized carbons (Fsp3) is 0.889. The molecule has 0 aromatic heterocycles. The molecule has 14 heavy (non-hydrogen) atoms. The smallest absolute Gasteiger partial charge is 0.407 e. The van der Waals surface area contributed by atoms with Crippen LogP contribution in [0.2, 0.25) is 0 Å². The van der Waals surface area contributed by atoms with Gasteiger partial charge in [-0.15, -0.1) is 0 Å². The Balaban J connectivity index is 2.53. The lowest BCUT2D eigenvalue weighted by molar-refractivity contribution is 0.0639. The lowest BCUT2D eigenvalue weighted by atomic mass is 10.0. The second kappa shape index (κ2) is 4.14. The Morgan fingerprint density at radius 2 is 2.36 bits per heavy atom. The summed E-state index contributed by atoms with van der Waals surface area (Å²) in [5.74, 6) is 0. The molecule has 0 aromatic carbocycles. The minimum atomic E-state index is -0.881. The Morgan fingerprint density at radius 3 is 2.79 bits per heavy atom. The molecule has 1 aliphatic heterocycles. The summed E-state index contributed by atoms with van der Waals surface area (Å²) in [6.07, 6.45) is -0.155. The van der Waals surface area contributed by atoms with Gasteiger partial charge in [-0.3, -0.25) is 0 Å². The van der Waals surface area contributed by atoms with Crippen molar-refractivity contribution in [3.8, 4) is 0 Å². The Labute approximate surface area is 83.8 Å². The molecular formula is C9H18N2O3. The SMILES string of the molecule is CC1(C)C[C@H](OCCN)CN1C(=O)O. The first-order valence-corrected chi connectivity index (χ1v) is 4.79. The number of likely N-dealkylation sites (tertiary alicyclic amines) is 1. The van der Waals surface area contributed by atoms with Crippen molar-refractivity contribution in [2.45, 2.75) is 31.9 Å². The third-order valence-electron chi connectivity index (χ3n) is 2.55. The predicted molar refractivity (Wildman–Crippen MR) is 52.2 cm³/mol. The Bertz CT molecular complexity index is 218. The van der Waals surface area contributed by atoms with Crippen molar-refractivity contribution in [2.75, 3.05) is 19.7 Å². The van der Waals surface area contributed by atoms with Gasteiger partial charge in [-0.25, -0.2) is 4.79 Å². The van der Waals surface area contributed by atoms with Crippen LogP contribution in [0.5, 0.6) is 0 Å². The summed E-state index contributed by atoms with van der Waals surface area (Å²) in [6, 6.07) is 0. The highest BCUT2D eigenvalue weighted by Crippen LogP contribution is 2.30. The second-order valence-corrected chi connectivity index (χ2v) is 4.19. The van der Waals surface area contributed by atoms with Crippen LogP contribution in [-0.2, 0) is 4.74 Å². The van der Waals surface area contributed by atoms with Crippen molar-refractivity contribution in [1.29, 1.82) is 0 Å². The molecular weight excluding hydrogens is 184 g/mol. The molecule has 1 saturated heterocycles. The maximum Gasteiger partial charge on any atom is 0.407 e. The average molecular weight is 202 g/mol. The Morgan fingerprint density at radius 1 is 1.71 bits per heavy atom. The molecule has 0 spiro atoms. The van der Waals surface area contributed by atoms with Crippen LogP contribution in [0.25, 0.3) is 0 Å². The van der Waals surface area contributed by atoms with Gasteiger partial charge in [0.1, 0.15) is 0 Å². The summed E-state index contributed by atoms with van der Waals surface area (Å²) >= 11 is 0. The number of carboxylic acid groups (broad SMARTS) is 1. The van der Waals surface area contributed by atoms with Crippen molar-refractivity contribution in [3.63, 3.8) is 0 Å². The third kappa shape index (κ3) is 2.36. The molecule has 1 aliphatic rings. The molecule has 1 rings (SSSR count). The first-order valence-electron chi connectivity index (χ1n) is 4.79. The number of amides is 1. The van der Waals surface area contributed by atoms with Gasteiger partial charge in [0, 0.05) is 12.1 Å². The van der Waals surface area contributed by atoms with Crippen LogP contribution >= 0.6 is 0 Å². The summed E-state index contributed by atoms with van der Waals surface area (Å²) < 4.78 is 5.44. The largest absolute Gasteiger partial charge is 0.465 e. The molecule has 1 heterocycles. The maximum atomic E-state index is 10.9. The number of ether oxygens (including phenoxy) is 1. The fourth-order valence-corrected chi connectivity index (χ4v) is 1.87. The van der Waals surface area contributed by atoms with E-state index < -0.39 is 6.09 Å². The van der Waals surface area contributed by atoms with E-state index in [9.17, 15) is 4.79 Å². The molecule has 5 heteroatoms. The second-order valence-electron chi connectivity index (χ2n) is 4.19. The van der Waals surface area contributed by atoms with E-state index in [1.807, 2.05) is 13.8 Å². The van der Waals surface area contributed by atoms with Gasteiger partial charge in [0.2, 0.25) is 0 Å². The van der Waals surface area contributed by atoms with Gasteiger partial charge in [-0.1, -0.05) is 0 Å². The lowest BCUT2D eigenvalue weighted by Crippen LogP contribution is -2.41. The summed E-state index contributed by atoms with van der Waals surface area (Å²) in [5, 5.41) is 8.94. The third-order valence-corrected chi connectivity index (χ3v) is 2.55. The zero-order valence-corrected chi connectivity index (χ0v) is 8.69. The van der Waals surface area contributed by atoms with Crippen LogP contribution in [0.4, 0.5) is 4.79 Å². The molecule has 5 nitrogen and oxygen atoms in total. The van der Waals surface area contributed by atoms with Crippen LogP contribution in [-0.4, -0.2) is 47.4 Å². The number of hydrogen-bond acceptors (Lipinski definition) is 3. The average Bonchev–Trinajstić information content (AvgIpc) is 2.37. The molecule has 82 valence electrons. The molecule has 1 amide bonds. The molecule has 0 saturated carbocycles. The lowest BCUT2D eigenvalue weighted by Gasteiger charge is -2.27. The van der Waals surface area contributed by atoms with Crippen LogP contribution in [0.1, 0.15) is 20.3 Å². The van der Waals surface area contributed by atoms with Gasteiger partial charge in [0.05, 0.1) is 19.3 Å². The standard InChI is InChI=1S/C9H18N2O3/c1-9(2)5-7(14-4-3-10)6-11(9)8(12)13/h7H,3-6,10H2,1-2H3,(H,12,13)/t7-/m0/s1. The van der Waals surface area contributed by atoms with Crippen LogP contribution < -0.4 is 5.73 Å². The van der Waals surface area contributed by atoms with Crippen molar-refractivity contribution >= 4 is 6.09 Å². The Kier molecular flexibility index (Phi) is 3.34. The molecule has 3 N–H and O–H groups in total. The molecule has 0 aliphatic carbocycles. The highest BCUT2D eigenvalue weighted by molar-refractivity contribution is 5.66. The number of carbonyl (C=O) groups is 1. The van der Waals surface area contributed by atoms with Gasteiger partial charge in [0.15, 0.2) is 0 Å². The monoisotopic (exact) mass is 202 g/mol. The minimum Gasteiger partial charge on any atom is -0.465 e. The van der Waals surface area contributed by atoms with Gasteiger partial charge in [-0.2, -0.15) is 0 Å². The zero-order chi connectivity index (χ0) is 10.8. The summed E-state index contributed by atoms with van der Waals surface area (Å²) in [6.45, 7) is 5.24. The van der Waals surface area contributed by atoms with Crippen molar-refractivity contribution in [2.24, 2.45) is 5.73 Å². The molecule has 0 unspecified atom stereocenters.